The standard InChI is InChI=1S/C17H22N4O4S/c1-11-12(2)26-16-15(11)17(24)21(10-18-16)9-13(22)19(3)8-14(23)20-4-6-25-7-5-20/h10H,4-9H2,1-3H3. The van der Waals surface area contributed by atoms with Crippen molar-refractivity contribution in [2.75, 3.05) is 39.9 Å². The fourth-order valence-electron chi connectivity index (χ4n) is 2.85. The van der Waals surface area contributed by atoms with Crippen LogP contribution in [0.25, 0.3) is 10.2 Å². The molecule has 0 saturated carbocycles. The number of ether oxygens (including phenoxy) is 1. The minimum Gasteiger partial charge on any atom is -0.378 e. The highest BCUT2D eigenvalue weighted by Gasteiger charge is 2.21. The van der Waals surface area contributed by atoms with Gasteiger partial charge in [0.05, 0.1) is 31.5 Å². The molecule has 1 aliphatic rings. The van der Waals surface area contributed by atoms with Crippen molar-refractivity contribution in [3.8, 4) is 0 Å². The second-order valence-electron chi connectivity index (χ2n) is 6.38. The molecule has 2 aromatic heterocycles. The van der Waals surface area contributed by atoms with Gasteiger partial charge in [0.25, 0.3) is 5.56 Å². The van der Waals surface area contributed by atoms with Crippen molar-refractivity contribution in [1.29, 1.82) is 0 Å². The van der Waals surface area contributed by atoms with Crippen LogP contribution in [-0.4, -0.2) is 71.1 Å². The molecule has 8 nitrogen and oxygen atoms in total. The topological polar surface area (TPSA) is 84.7 Å². The highest BCUT2D eigenvalue weighted by atomic mass is 32.1. The molecule has 0 bridgehead atoms. The molecule has 1 saturated heterocycles. The summed E-state index contributed by atoms with van der Waals surface area (Å²) >= 11 is 1.47. The van der Waals surface area contributed by atoms with E-state index in [0.29, 0.717) is 36.5 Å². The highest BCUT2D eigenvalue weighted by Crippen LogP contribution is 2.25. The summed E-state index contributed by atoms with van der Waals surface area (Å²) in [6.07, 6.45) is 1.40. The fraction of sp³-hybridized carbons (Fsp3) is 0.529. The Balaban J connectivity index is 1.70. The number of amides is 2. The minimum atomic E-state index is -0.306. The van der Waals surface area contributed by atoms with Gasteiger partial charge >= 0.3 is 0 Å². The molecule has 3 heterocycles. The summed E-state index contributed by atoms with van der Waals surface area (Å²) < 4.78 is 6.53. The molecule has 1 aliphatic heterocycles. The molecule has 140 valence electrons. The molecule has 26 heavy (non-hydrogen) atoms. The molecule has 2 aromatic rings. The number of rotatable bonds is 4. The van der Waals surface area contributed by atoms with Crippen LogP contribution in [0.2, 0.25) is 0 Å². The summed E-state index contributed by atoms with van der Waals surface area (Å²) in [6.45, 7) is 5.80. The second-order valence-corrected chi connectivity index (χ2v) is 7.59. The summed E-state index contributed by atoms with van der Waals surface area (Å²) in [4.78, 5) is 46.4. The van der Waals surface area contributed by atoms with Crippen molar-refractivity contribution in [2.45, 2.75) is 20.4 Å². The number of morpholine rings is 1. The van der Waals surface area contributed by atoms with E-state index in [9.17, 15) is 14.4 Å². The average Bonchev–Trinajstić information content (AvgIpc) is 2.93. The van der Waals surface area contributed by atoms with Crippen molar-refractivity contribution in [3.05, 3.63) is 27.1 Å². The molecule has 0 N–H and O–H groups in total. The molecule has 0 unspecified atom stereocenters. The van der Waals surface area contributed by atoms with Crippen LogP contribution >= 0.6 is 11.3 Å². The van der Waals surface area contributed by atoms with Gasteiger partial charge in [0.15, 0.2) is 0 Å². The first kappa shape index (κ1) is 18.5. The molecule has 3 rings (SSSR count). The number of thiophene rings is 1. The zero-order chi connectivity index (χ0) is 18.8. The van der Waals surface area contributed by atoms with Crippen LogP contribution in [0.3, 0.4) is 0 Å². The number of aromatic nitrogens is 2. The van der Waals surface area contributed by atoms with Crippen LogP contribution in [0.4, 0.5) is 0 Å². The van der Waals surface area contributed by atoms with Crippen LogP contribution in [0, 0.1) is 13.8 Å². The maximum Gasteiger partial charge on any atom is 0.262 e. The van der Waals surface area contributed by atoms with E-state index in [1.807, 2.05) is 13.8 Å². The molecule has 0 spiro atoms. The number of carbonyl (C=O) groups is 2. The quantitative estimate of drug-likeness (QED) is 0.769. The number of fused-ring (bicyclic) bond motifs is 1. The Morgan fingerprint density at radius 3 is 2.69 bits per heavy atom. The van der Waals surface area contributed by atoms with Crippen molar-refractivity contribution in [1.82, 2.24) is 19.4 Å². The monoisotopic (exact) mass is 378 g/mol. The lowest BCUT2D eigenvalue weighted by molar-refractivity contribution is -0.142. The van der Waals surface area contributed by atoms with Crippen LogP contribution < -0.4 is 5.56 Å². The van der Waals surface area contributed by atoms with Gasteiger partial charge in [0.1, 0.15) is 11.4 Å². The maximum absolute atomic E-state index is 12.7. The number of nitrogens with zero attached hydrogens (tertiary/aromatic N) is 4. The van der Waals surface area contributed by atoms with Crippen molar-refractivity contribution in [2.24, 2.45) is 0 Å². The van der Waals surface area contributed by atoms with Crippen molar-refractivity contribution in [3.63, 3.8) is 0 Å². The van der Waals surface area contributed by atoms with Gasteiger partial charge < -0.3 is 14.5 Å². The van der Waals surface area contributed by atoms with Gasteiger partial charge in [-0.15, -0.1) is 11.3 Å². The first-order valence-electron chi connectivity index (χ1n) is 8.43. The molecule has 0 atom stereocenters. The predicted molar refractivity (Wildman–Crippen MR) is 98.4 cm³/mol. The lowest BCUT2D eigenvalue weighted by Gasteiger charge is -2.28. The Bertz CT molecular complexity index is 898. The van der Waals surface area contributed by atoms with Gasteiger partial charge in [-0.3, -0.25) is 19.0 Å². The van der Waals surface area contributed by atoms with Gasteiger partial charge in [-0.25, -0.2) is 4.98 Å². The largest absolute Gasteiger partial charge is 0.378 e. The Morgan fingerprint density at radius 1 is 1.31 bits per heavy atom. The Hall–Kier alpha value is -2.26. The van der Waals surface area contributed by atoms with Crippen molar-refractivity contribution >= 4 is 33.4 Å². The Morgan fingerprint density at radius 2 is 2.00 bits per heavy atom. The number of hydrogen-bond donors (Lipinski definition) is 0. The molecule has 9 heteroatoms. The molecular formula is C17H22N4O4S. The highest BCUT2D eigenvalue weighted by molar-refractivity contribution is 7.18. The van der Waals surface area contributed by atoms with E-state index in [0.717, 1.165) is 10.4 Å². The summed E-state index contributed by atoms with van der Waals surface area (Å²) in [5, 5.41) is 0.565. The molecular weight excluding hydrogens is 356 g/mol. The second kappa shape index (κ2) is 7.55. The molecule has 0 aliphatic carbocycles. The first-order chi connectivity index (χ1) is 12.4. The van der Waals surface area contributed by atoms with Gasteiger partial charge in [-0.1, -0.05) is 0 Å². The van der Waals surface area contributed by atoms with Gasteiger partial charge in [-0.2, -0.15) is 0 Å². The third-order valence-corrected chi connectivity index (χ3v) is 5.74. The Labute approximate surface area is 155 Å². The van der Waals surface area contributed by atoms with E-state index >= 15 is 0 Å². The fourth-order valence-corrected chi connectivity index (χ4v) is 3.84. The number of carbonyl (C=O) groups excluding carboxylic acids is 2. The van der Waals surface area contributed by atoms with Gasteiger partial charge in [0.2, 0.25) is 11.8 Å². The zero-order valence-electron chi connectivity index (χ0n) is 15.2. The van der Waals surface area contributed by atoms with Crippen LogP contribution in [0.15, 0.2) is 11.1 Å². The maximum atomic E-state index is 12.7. The van der Waals surface area contributed by atoms with Gasteiger partial charge in [0, 0.05) is 25.0 Å². The number of hydrogen-bond acceptors (Lipinski definition) is 6. The lowest BCUT2D eigenvalue weighted by atomic mass is 10.2. The normalized spacial score (nSPS) is 14.7. The van der Waals surface area contributed by atoms with Gasteiger partial charge in [-0.05, 0) is 19.4 Å². The molecule has 1 fully saturated rings. The van der Waals surface area contributed by atoms with E-state index in [1.54, 1.807) is 11.9 Å². The third kappa shape index (κ3) is 3.63. The summed E-state index contributed by atoms with van der Waals surface area (Å²) in [7, 11) is 1.57. The van der Waals surface area contributed by atoms with E-state index < -0.39 is 0 Å². The minimum absolute atomic E-state index is 0.0140. The first-order valence-corrected chi connectivity index (χ1v) is 9.24. The van der Waals surface area contributed by atoms with Crippen LogP contribution in [-0.2, 0) is 20.9 Å². The van der Waals surface area contributed by atoms with Crippen LogP contribution in [0.1, 0.15) is 10.4 Å². The lowest BCUT2D eigenvalue weighted by Crippen LogP contribution is -2.46. The smallest absolute Gasteiger partial charge is 0.262 e. The summed E-state index contributed by atoms with van der Waals surface area (Å²) in [5.74, 6) is -0.422. The van der Waals surface area contributed by atoms with E-state index in [4.69, 9.17) is 4.74 Å². The van der Waals surface area contributed by atoms with E-state index in [1.165, 1.54) is 27.1 Å². The average molecular weight is 378 g/mol. The summed E-state index contributed by atoms with van der Waals surface area (Å²) in [6, 6.07) is 0. The predicted octanol–water partition coefficient (Wildman–Crippen LogP) is 0.392. The molecule has 0 radical (unpaired) electrons. The molecule has 0 aromatic carbocycles. The molecule has 2 amide bonds. The zero-order valence-corrected chi connectivity index (χ0v) is 16.0. The summed E-state index contributed by atoms with van der Waals surface area (Å²) in [5.41, 5.74) is 0.679. The Kier molecular flexibility index (Phi) is 5.38. The van der Waals surface area contributed by atoms with E-state index in [-0.39, 0.29) is 30.5 Å². The van der Waals surface area contributed by atoms with Crippen molar-refractivity contribution < 1.29 is 14.3 Å². The number of likely N-dealkylation sites (N-methyl/N-ethyl adjacent to an activating group) is 1. The number of aryl methyl sites for hydroxylation is 2. The van der Waals surface area contributed by atoms with Crippen LogP contribution in [0.5, 0.6) is 0 Å². The van der Waals surface area contributed by atoms with E-state index in [2.05, 4.69) is 4.98 Å². The third-order valence-electron chi connectivity index (χ3n) is 4.62. The SMILES string of the molecule is Cc1sc2ncn(CC(=O)N(C)CC(=O)N3CCOCC3)c(=O)c2c1C.